The lowest BCUT2D eigenvalue weighted by Crippen LogP contribution is -2.38. The van der Waals surface area contributed by atoms with Crippen LogP contribution in [0.15, 0.2) is 18.5 Å². The average molecular weight is 210 g/mol. The normalized spacial score (nSPS) is 13.6. The zero-order valence-corrected chi connectivity index (χ0v) is 9.41. The SMILES string of the molecule is CC(C)(C)OC(=O)C(N)Cc1cc[nH]c1. The summed E-state index contributed by atoms with van der Waals surface area (Å²) in [5.74, 6) is -0.358. The second-order valence-electron chi connectivity index (χ2n) is 4.56. The Hall–Kier alpha value is -1.29. The quantitative estimate of drug-likeness (QED) is 0.737. The van der Waals surface area contributed by atoms with E-state index < -0.39 is 11.6 Å². The minimum absolute atomic E-state index is 0.358. The number of H-pyrrole nitrogens is 1. The first kappa shape index (κ1) is 11.8. The summed E-state index contributed by atoms with van der Waals surface area (Å²) in [5, 5.41) is 0. The van der Waals surface area contributed by atoms with Crippen LogP contribution < -0.4 is 5.73 Å². The molecular formula is C11H18N2O2. The number of nitrogens with one attached hydrogen (secondary N) is 1. The predicted molar refractivity (Wildman–Crippen MR) is 58.3 cm³/mol. The summed E-state index contributed by atoms with van der Waals surface area (Å²) in [5.41, 5.74) is 6.26. The highest BCUT2D eigenvalue weighted by molar-refractivity contribution is 5.76. The van der Waals surface area contributed by atoms with Gasteiger partial charge < -0.3 is 15.5 Å². The van der Waals surface area contributed by atoms with Crippen molar-refractivity contribution in [2.24, 2.45) is 5.73 Å². The maximum Gasteiger partial charge on any atom is 0.323 e. The molecule has 0 spiro atoms. The van der Waals surface area contributed by atoms with Crippen molar-refractivity contribution in [3.05, 3.63) is 24.0 Å². The largest absolute Gasteiger partial charge is 0.459 e. The molecule has 0 aliphatic rings. The molecule has 3 N–H and O–H groups in total. The Labute approximate surface area is 89.8 Å². The molecule has 1 heterocycles. The minimum Gasteiger partial charge on any atom is -0.459 e. The second kappa shape index (κ2) is 4.49. The van der Waals surface area contributed by atoms with Crippen molar-refractivity contribution >= 4 is 5.97 Å². The van der Waals surface area contributed by atoms with Crippen LogP contribution in [0.5, 0.6) is 0 Å². The first-order valence-electron chi connectivity index (χ1n) is 4.98. The molecule has 0 radical (unpaired) electrons. The molecule has 0 saturated heterocycles. The Morgan fingerprint density at radius 1 is 1.60 bits per heavy atom. The van der Waals surface area contributed by atoms with Crippen molar-refractivity contribution in [2.45, 2.75) is 38.8 Å². The van der Waals surface area contributed by atoms with Gasteiger partial charge in [0.1, 0.15) is 11.6 Å². The third-order valence-corrected chi connectivity index (χ3v) is 1.83. The number of carbonyl (C=O) groups excluding carboxylic acids is 1. The summed E-state index contributed by atoms with van der Waals surface area (Å²) in [6, 6.07) is 1.30. The van der Waals surface area contributed by atoms with Gasteiger partial charge in [0.25, 0.3) is 0 Å². The number of rotatable bonds is 3. The summed E-state index contributed by atoms with van der Waals surface area (Å²) in [4.78, 5) is 14.4. The van der Waals surface area contributed by atoms with E-state index in [1.807, 2.05) is 33.0 Å². The van der Waals surface area contributed by atoms with Gasteiger partial charge in [-0.15, -0.1) is 0 Å². The molecule has 1 aromatic heterocycles. The maximum atomic E-state index is 11.5. The summed E-state index contributed by atoms with van der Waals surface area (Å²) >= 11 is 0. The van der Waals surface area contributed by atoms with E-state index in [9.17, 15) is 4.79 Å². The van der Waals surface area contributed by atoms with E-state index in [0.717, 1.165) is 5.56 Å². The van der Waals surface area contributed by atoms with Gasteiger partial charge in [0.2, 0.25) is 0 Å². The number of aromatic amines is 1. The van der Waals surface area contributed by atoms with Crippen LogP contribution in [0.3, 0.4) is 0 Å². The summed E-state index contributed by atoms with van der Waals surface area (Å²) in [6.07, 6.45) is 4.12. The van der Waals surface area contributed by atoms with Crippen LogP contribution in [0.4, 0.5) is 0 Å². The Kier molecular flexibility index (Phi) is 3.52. The second-order valence-corrected chi connectivity index (χ2v) is 4.56. The molecule has 0 amide bonds. The molecule has 4 heteroatoms. The Balaban J connectivity index is 2.47. The first-order chi connectivity index (χ1) is 6.88. The van der Waals surface area contributed by atoms with Crippen LogP contribution in [0.1, 0.15) is 26.3 Å². The van der Waals surface area contributed by atoms with Gasteiger partial charge in [-0.05, 0) is 38.8 Å². The molecule has 1 atom stereocenters. The van der Waals surface area contributed by atoms with Gasteiger partial charge in [-0.1, -0.05) is 0 Å². The molecule has 1 rings (SSSR count). The fraction of sp³-hybridized carbons (Fsp3) is 0.545. The fourth-order valence-electron chi connectivity index (χ4n) is 1.20. The Morgan fingerprint density at radius 3 is 2.73 bits per heavy atom. The molecule has 15 heavy (non-hydrogen) atoms. The molecule has 4 nitrogen and oxygen atoms in total. The van der Waals surface area contributed by atoms with Crippen LogP contribution in [0.25, 0.3) is 0 Å². The van der Waals surface area contributed by atoms with Crippen LogP contribution in [0.2, 0.25) is 0 Å². The third kappa shape index (κ3) is 4.16. The van der Waals surface area contributed by atoms with E-state index in [1.54, 1.807) is 6.20 Å². The highest BCUT2D eigenvalue weighted by atomic mass is 16.6. The van der Waals surface area contributed by atoms with Gasteiger partial charge in [-0.3, -0.25) is 4.79 Å². The summed E-state index contributed by atoms with van der Waals surface area (Å²) in [7, 11) is 0. The molecule has 0 aliphatic carbocycles. The lowest BCUT2D eigenvalue weighted by atomic mass is 10.1. The summed E-state index contributed by atoms with van der Waals surface area (Å²) in [6.45, 7) is 5.48. The van der Waals surface area contributed by atoms with E-state index in [2.05, 4.69) is 4.98 Å². The van der Waals surface area contributed by atoms with Crippen LogP contribution in [-0.4, -0.2) is 22.6 Å². The standard InChI is InChI=1S/C11H18N2O2/c1-11(2,3)15-10(14)9(12)6-8-4-5-13-7-8/h4-5,7,9,13H,6,12H2,1-3H3. The van der Waals surface area contributed by atoms with E-state index in [1.165, 1.54) is 0 Å². The van der Waals surface area contributed by atoms with Crippen LogP contribution in [0, 0.1) is 0 Å². The van der Waals surface area contributed by atoms with Gasteiger partial charge in [-0.25, -0.2) is 0 Å². The number of ether oxygens (including phenoxy) is 1. The number of hydrogen-bond donors (Lipinski definition) is 2. The molecule has 0 bridgehead atoms. The number of nitrogens with two attached hydrogens (primary N) is 1. The number of hydrogen-bond acceptors (Lipinski definition) is 3. The van der Waals surface area contributed by atoms with Crippen LogP contribution >= 0.6 is 0 Å². The van der Waals surface area contributed by atoms with E-state index in [4.69, 9.17) is 10.5 Å². The molecule has 0 fully saturated rings. The van der Waals surface area contributed by atoms with Crippen molar-refractivity contribution in [2.75, 3.05) is 0 Å². The van der Waals surface area contributed by atoms with E-state index in [0.29, 0.717) is 6.42 Å². The Morgan fingerprint density at radius 2 is 2.27 bits per heavy atom. The van der Waals surface area contributed by atoms with E-state index >= 15 is 0 Å². The van der Waals surface area contributed by atoms with Crippen molar-refractivity contribution in [1.82, 2.24) is 4.98 Å². The topological polar surface area (TPSA) is 68.1 Å². The van der Waals surface area contributed by atoms with E-state index in [-0.39, 0.29) is 5.97 Å². The Bertz CT molecular complexity index is 312. The average Bonchev–Trinajstić information content (AvgIpc) is 2.53. The van der Waals surface area contributed by atoms with Gasteiger partial charge >= 0.3 is 5.97 Å². The lowest BCUT2D eigenvalue weighted by molar-refractivity contribution is -0.156. The zero-order valence-electron chi connectivity index (χ0n) is 9.41. The zero-order chi connectivity index (χ0) is 11.5. The number of esters is 1. The number of aromatic nitrogens is 1. The molecule has 0 saturated carbocycles. The molecular weight excluding hydrogens is 192 g/mol. The van der Waals surface area contributed by atoms with Gasteiger partial charge in [0.15, 0.2) is 0 Å². The van der Waals surface area contributed by atoms with Gasteiger partial charge in [-0.2, -0.15) is 0 Å². The van der Waals surface area contributed by atoms with Gasteiger partial charge in [0.05, 0.1) is 0 Å². The molecule has 84 valence electrons. The molecule has 0 aromatic carbocycles. The smallest absolute Gasteiger partial charge is 0.323 e. The summed E-state index contributed by atoms with van der Waals surface area (Å²) < 4.78 is 5.17. The van der Waals surface area contributed by atoms with Crippen LogP contribution in [-0.2, 0) is 16.0 Å². The molecule has 1 aromatic rings. The molecule has 1 unspecified atom stereocenters. The minimum atomic E-state index is -0.597. The highest BCUT2D eigenvalue weighted by Gasteiger charge is 2.22. The monoisotopic (exact) mass is 210 g/mol. The van der Waals surface area contributed by atoms with Crippen molar-refractivity contribution < 1.29 is 9.53 Å². The first-order valence-corrected chi connectivity index (χ1v) is 4.98. The third-order valence-electron chi connectivity index (χ3n) is 1.83. The highest BCUT2D eigenvalue weighted by Crippen LogP contribution is 2.09. The maximum absolute atomic E-state index is 11.5. The van der Waals surface area contributed by atoms with Crippen molar-refractivity contribution in [3.63, 3.8) is 0 Å². The molecule has 0 aliphatic heterocycles. The predicted octanol–water partition coefficient (Wildman–Crippen LogP) is 1.23. The van der Waals surface area contributed by atoms with Crippen molar-refractivity contribution in [1.29, 1.82) is 0 Å². The van der Waals surface area contributed by atoms with Crippen molar-refractivity contribution in [3.8, 4) is 0 Å². The lowest BCUT2D eigenvalue weighted by Gasteiger charge is -2.21. The van der Waals surface area contributed by atoms with Gasteiger partial charge in [0, 0.05) is 12.4 Å². The number of carbonyl (C=O) groups is 1. The fourth-order valence-corrected chi connectivity index (χ4v) is 1.20.